The van der Waals surface area contributed by atoms with Gasteiger partial charge in [-0.1, -0.05) is 24.3 Å². The van der Waals surface area contributed by atoms with Gasteiger partial charge in [-0.3, -0.25) is 4.79 Å². The third-order valence-electron chi connectivity index (χ3n) is 3.09. The molecule has 2 rings (SSSR count). The van der Waals surface area contributed by atoms with Crippen molar-refractivity contribution in [2.75, 3.05) is 18.5 Å². The molecule has 0 aliphatic rings. The Hall–Kier alpha value is -2.54. The molecular weight excluding hydrogens is 240 g/mol. The van der Waals surface area contributed by atoms with Crippen molar-refractivity contribution < 1.29 is 9.90 Å². The van der Waals surface area contributed by atoms with Crippen molar-refractivity contribution in [1.82, 2.24) is 0 Å². The van der Waals surface area contributed by atoms with Crippen LogP contribution in [0.4, 0.5) is 5.69 Å². The van der Waals surface area contributed by atoms with Gasteiger partial charge in [0.2, 0.25) is 0 Å². The van der Waals surface area contributed by atoms with Crippen LogP contribution in [0.25, 0.3) is 10.8 Å². The highest BCUT2D eigenvalue weighted by Gasteiger charge is 2.10. The Balaban J connectivity index is 2.45. The third kappa shape index (κ3) is 2.66. The van der Waals surface area contributed by atoms with Gasteiger partial charge in [0.1, 0.15) is 0 Å². The van der Waals surface area contributed by atoms with Gasteiger partial charge in [-0.25, -0.2) is 0 Å². The summed E-state index contributed by atoms with van der Waals surface area (Å²) >= 11 is 0. The summed E-state index contributed by atoms with van der Waals surface area (Å²) in [5, 5.41) is 19.7. The third-order valence-corrected chi connectivity index (χ3v) is 3.09. The molecule has 2 aromatic rings. The highest BCUT2D eigenvalue weighted by molar-refractivity contribution is 5.97. The maximum atomic E-state index is 10.6. The number of carbonyl (C=O) groups is 1. The van der Waals surface area contributed by atoms with E-state index < -0.39 is 5.97 Å². The highest BCUT2D eigenvalue weighted by atomic mass is 16.4. The molecule has 0 bridgehead atoms. The van der Waals surface area contributed by atoms with E-state index in [9.17, 15) is 4.79 Å². The molecule has 1 N–H and O–H groups in total. The van der Waals surface area contributed by atoms with Gasteiger partial charge in [-0.2, -0.15) is 5.26 Å². The van der Waals surface area contributed by atoms with Crippen LogP contribution in [0.2, 0.25) is 0 Å². The zero-order chi connectivity index (χ0) is 13.8. The maximum Gasteiger partial charge on any atom is 0.305 e. The Morgan fingerprint density at radius 3 is 2.58 bits per heavy atom. The van der Waals surface area contributed by atoms with Crippen molar-refractivity contribution in [2.45, 2.75) is 6.42 Å². The minimum Gasteiger partial charge on any atom is -0.481 e. The SMILES string of the molecule is CN(CCC(=O)O)c1ccc(C#N)c2ccccc12. The summed E-state index contributed by atoms with van der Waals surface area (Å²) in [5.74, 6) is -0.815. The summed E-state index contributed by atoms with van der Waals surface area (Å²) in [6.45, 7) is 0.436. The normalized spacial score (nSPS) is 10.1. The molecule has 0 atom stereocenters. The molecule has 0 amide bonds. The molecule has 0 unspecified atom stereocenters. The van der Waals surface area contributed by atoms with Crippen molar-refractivity contribution in [1.29, 1.82) is 5.26 Å². The van der Waals surface area contributed by atoms with E-state index in [1.54, 1.807) is 6.07 Å². The lowest BCUT2D eigenvalue weighted by molar-refractivity contribution is -0.136. The zero-order valence-corrected chi connectivity index (χ0v) is 10.6. The van der Waals surface area contributed by atoms with Gasteiger partial charge in [0.05, 0.1) is 18.1 Å². The number of carboxylic acid groups (broad SMARTS) is 1. The average Bonchev–Trinajstić information content (AvgIpc) is 2.43. The number of aliphatic carboxylic acids is 1. The van der Waals surface area contributed by atoms with E-state index in [4.69, 9.17) is 10.4 Å². The lowest BCUT2D eigenvalue weighted by Crippen LogP contribution is -2.21. The number of carboxylic acids is 1. The van der Waals surface area contributed by atoms with Crippen molar-refractivity contribution in [3.05, 3.63) is 42.0 Å². The van der Waals surface area contributed by atoms with Crippen LogP contribution in [0.3, 0.4) is 0 Å². The molecule has 0 fully saturated rings. The molecule has 0 aromatic heterocycles. The summed E-state index contributed by atoms with van der Waals surface area (Å²) in [6.07, 6.45) is 0.0881. The predicted octanol–water partition coefficient (Wildman–Crippen LogP) is 2.62. The molecule has 96 valence electrons. The van der Waals surface area contributed by atoms with Crippen molar-refractivity contribution in [3.8, 4) is 6.07 Å². The van der Waals surface area contributed by atoms with Gasteiger partial charge >= 0.3 is 5.97 Å². The van der Waals surface area contributed by atoms with E-state index in [2.05, 4.69) is 6.07 Å². The first-order valence-corrected chi connectivity index (χ1v) is 5.98. The molecule has 0 radical (unpaired) electrons. The first-order valence-electron chi connectivity index (χ1n) is 5.98. The van der Waals surface area contributed by atoms with Crippen LogP contribution in [0.15, 0.2) is 36.4 Å². The van der Waals surface area contributed by atoms with Crippen molar-refractivity contribution >= 4 is 22.4 Å². The Morgan fingerprint density at radius 2 is 1.95 bits per heavy atom. The van der Waals surface area contributed by atoms with Gasteiger partial charge in [0.15, 0.2) is 0 Å². The van der Waals surface area contributed by atoms with Crippen LogP contribution in [-0.2, 0) is 4.79 Å². The van der Waals surface area contributed by atoms with Crippen LogP contribution >= 0.6 is 0 Å². The summed E-state index contributed by atoms with van der Waals surface area (Å²) in [6, 6.07) is 13.5. The fraction of sp³-hybridized carbons (Fsp3) is 0.200. The molecule has 0 aliphatic carbocycles. The molecule has 0 aliphatic heterocycles. The molecule has 0 saturated heterocycles. The summed E-state index contributed by atoms with van der Waals surface area (Å²) in [5.41, 5.74) is 1.57. The number of rotatable bonds is 4. The zero-order valence-electron chi connectivity index (χ0n) is 10.6. The van der Waals surface area contributed by atoms with Gasteiger partial charge in [0.25, 0.3) is 0 Å². The van der Waals surface area contributed by atoms with Crippen LogP contribution in [0, 0.1) is 11.3 Å². The number of fused-ring (bicyclic) bond motifs is 1. The van der Waals surface area contributed by atoms with Gasteiger partial charge in [0, 0.05) is 30.1 Å². The van der Waals surface area contributed by atoms with E-state index in [0.717, 1.165) is 16.5 Å². The number of anilines is 1. The van der Waals surface area contributed by atoms with Gasteiger partial charge in [-0.05, 0) is 12.1 Å². The first kappa shape index (κ1) is 12.9. The number of benzene rings is 2. The Labute approximate surface area is 111 Å². The molecule has 0 spiro atoms. The fourth-order valence-corrected chi connectivity index (χ4v) is 2.10. The highest BCUT2D eigenvalue weighted by Crippen LogP contribution is 2.28. The second kappa shape index (κ2) is 5.40. The maximum absolute atomic E-state index is 10.6. The smallest absolute Gasteiger partial charge is 0.305 e. The quantitative estimate of drug-likeness (QED) is 0.910. The first-order chi connectivity index (χ1) is 9.13. The average molecular weight is 254 g/mol. The number of hydrogen-bond acceptors (Lipinski definition) is 3. The topological polar surface area (TPSA) is 64.3 Å². The van der Waals surface area contributed by atoms with Crippen LogP contribution in [-0.4, -0.2) is 24.7 Å². The van der Waals surface area contributed by atoms with E-state index in [1.165, 1.54) is 0 Å². The monoisotopic (exact) mass is 254 g/mol. The second-order valence-electron chi connectivity index (χ2n) is 4.35. The Bertz CT molecular complexity index is 659. The van der Waals surface area contributed by atoms with Crippen LogP contribution in [0.1, 0.15) is 12.0 Å². The molecule has 4 heteroatoms. The lowest BCUT2D eigenvalue weighted by atomic mass is 10.0. The van der Waals surface area contributed by atoms with E-state index in [0.29, 0.717) is 12.1 Å². The van der Waals surface area contributed by atoms with Crippen molar-refractivity contribution in [3.63, 3.8) is 0 Å². The minimum atomic E-state index is -0.815. The van der Waals surface area contributed by atoms with E-state index in [-0.39, 0.29) is 6.42 Å². The largest absolute Gasteiger partial charge is 0.481 e. The van der Waals surface area contributed by atoms with Crippen LogP contribution < -0.4 is 4.90 Å². The van der Waals surface area contributed by atoms with Gasteiger partial charge < -0.3 is 10.0 Å². The number of hydrogen-bond donors (Lipinski definition) is 1. The Kier molecular flexibility index (Phi) is 3.67. The number of nitrogens with zero attached hydrogens (tertiary/aromatic N) is 2. The number of nitriles is 1. The lowest BCUT2D eigenvalue weighted by Gasteiger charge is -2.20. The summed E-state index contributed by atoms with van der Waals surface area (Å²) in [4.78, 5) is 12.5. The van der Waals surface area contributed by atoms with E-state index in [1.807, 2.05) is 42.3 Å². The molecule has 4 nitrogen and oxygen atoms in total. The van der Waals surface area contributed by atoms with Crippen LogP contribution in [0.5, 0.6) is 0 Å². The fourth-order valence-electron chi connectivity index (χ4n) is 2.10. The van der Waals surface area contributed by atoms with Gasteiger partial charge in [-0.15, -0.1) is 0 Å². The molecule has 19 heavy (non-hydrogen) atoms. The second-order valence-corrected chi connectivity index (χ2v) is 4.35. The standard InChI is InChI=1S/C15H14N2O2/c1-17(9-8-15(18)19)14-7-6-11(10-16)12-4-2-3-5-13(12)14/h2-7H,8-9H2,1H3,(H,18,19). The predicted molar refractivity (Wildman–Crippen MR) is 74.2 cm³/mol. The van der Waals surface area contributed by atoms with E-state index >= 15 is 0 Å². The molecule has 2 aromatic carbocycles. The molecule has 0 heterocycles. The Morgan fingerprint density at radius 1 is 1.26 bits per heavy atom. The molecular formula is C15H14N2O2. The molecule has 0 saturated carbocycles. The minimum absolute atomic E-state index is 0.0881. The summed E-state index contributed by atoms with van der Waals surface area (Å²) in [7, 11) is 1.86. The van der Waals surface area contributed by atoms with Crippen molar-refractivity contribution in [2.24, 2.45) is 0 Å². The summed E-state index contributed by atoms with van der Waals surface area (Å²) < 4.78 is 0.